The van der Waals surface area contributed by atoms with Crippen molar-refractivity contribution >= 4 is 34.8 Å². The molecule has 0 saturated heterocycles. The Balaban J connectivity index is 2.21. The SMILES string of the molecule is O=C(Nc1cc[c]cc1)c1ccc(Cl)nc1Cl. The average molecular weight is 266 g/mol. The van der Waals surface area contributed by atoms with Crippen molar-refractivity contribution in [3.8, 4) is 0 Å². The Labute approximate surface area is 108 Å². The van der Waals surface area contributed by atoms with Gasteiger partial charge in [-0.25, -0.2) is 4.98 Å². The summed E-state index contributed by atoms with van der Waals surface area (Å²) in [6.07, 6.45) is 0. The Morgan fingerprint density at radius 2 is 1.88 bits per heavy atom. The summed E-state index contributed by atoms with van der Waals surface area (Å²) in [5.41, 5.74) is 0.948. The van der Waals surface area contributed by atoms with Crippen molar-refractivity contribution in [2.24, 2.45) is 0 Å². The van der Waals surface area contributed by atoms with Gasteiger partial charge in [0.1, 0.15) is 10.3 Å². The quantitative estimate of drug-likeness (QED) is 0.846. The van der Waals surface area contributed by atoms with Crippen LogP contribution in [0.2, 0.25) is 10.3 Å². The molecule has 3 nitrogen and oxygen atoms in total. The molecule has 1 N–H and O–H groups in total. The lowest BCUT2D eigenvalue weighted by Gasteiger charge is -2.05. The van der Waals surface area contributed by atoms with E-state index in [1.54, 1.807) is 24.3 Å². The molecule has 1 radical (unpaired) electrons. The van der Waals surface area contributed by atoms with Crippen LogP contribution in [0.1, 0.15) is 10.4 Å². The zero-order valence-electron chi connectivity index (χ0n) is 8.58. The number of nitrogens with zero attached hydrogens (tertiary/aromatic N) is 1. The summed E-state index contributed by atoms with van der Waals surface area (Å²) in [6.45, 7) is 0. The van der Waals surface area contributed by atoms with E-state index in [-0.39, 0.29) is 21.8 Å². The van der Waals surface area contributed by atoms with Gasteiger partial charge in [0.25, 0.3) is 5.91 Å². The second kappa shape index (κ2) is 5.17. The summed E-state index contributed by atoms with van der Waals surface area (Å²) in [5.74, 6) is -0.328. The molecule has 1 aromatic heterocycles. The molecule has 0 spiro atoms. The molecule has 0 fully saturated rings. The molecule has 0 saturated carbocycles. The molecular weight excluding hydrogens is 259 g/mol. The van der Waals surface area contributed by atoms with Gasteiger partial charge in [-0.2, -0.15) is 0 Å². The minimum absolute atomic E-state index is 0.0810. The van der Waals surface area contributed by atoms with E-state index in [1.165, 1.54) is 12.1 Å². The van der Waals surface area contributed by atoms with Gasteiger partial charge >= 0.3 is 0 Å². The number of hydrogen-bond donors (Lipinski definition) is 1. The van der Waals surface area contributed by atoms with Gasteiger partial charge in [-0.1, -0.05) is 35.3 Å². The highest BCUT2D eigenvalue weighted by atomic mass is 35.5. The number of carbonyl (C=O) groups is 1. The van der Waals surface area contributed by atoms with Crippen LogP contribution in [0.15, 0.2) is 36.4 Å². The van der Waals surface area contributed by atoms with Gasteiger partial charge < -0.3 is 5.32 Å². The fourth-order valence-electron chi connectivity index (χ4n) is 1.25. The Kier molecular flexibility index (Phi) is 3.61. The van der Waals surface area contributed by atoms with E-state index in [9.17, 15) is 4.79 Å². The first-order valence-corrected chi connectivity index (χ1v) is 5.52. The Morgan fingerprint density at radius 3 is 2.53 bits per heavy atom. The third-order valence-corrected chi connectivity index (χ3v) is 2.53. The van der Waals surface area contributed by atoms with Gasteiger partial charge in [-0.05, 0) is 30.3 Å². The fourth-order valence-corrected chi connectivity index (χ4v) is 1.68. The second-order valence-corrected chi connectivity index (χ2v) is 3.96. The van der Waals surface area contributed by atoms with Crippen molar-refractivity contribution in [2.75, 3.05) is 5.32 Å². The standard InChI is InChI=1S/C12H7Cl2N2O/c13-10-7-6-9(11(14)16-10)12(17)15-8-4-2-1-3-5-8/h2-7H,(H,15,17). The molecule has 1 amide bonds. The zero-order chi connectivity index (χ0) is 12.3. The maximum absolute atomic E-state index is 11.9. The van der Waals surface area contributed by atoms with E-state index in [1.807, 2.05) is 0 Å². The van der Waals surface area contributed by atoms with Gasteiger partial charge in [0.2, 0.25) is 0 Å². The van der Waals surface area contributed by atoms with Crippen LogP contribution in [0.25, 0.3) is 0 Å². The number of benzene rings is 1. The number of rotatable bonds is 2. The lowest BCUT2D eigenvalue weighted by Crippen LogP contribution is -2.12. The first-order valence-electron chi connectivity index (χ1n) is 4.76. The van der Waals surface area contributed by atoms with E-state index in [0.717, 1.165) is 0 Å². The van der Waals surface area contributed by atoms with Gasteiger partial charge in [0.05, 0.1) is 5.56 Å². The average Bonchev–Trinajstić information content (AvgIpc) is 2.30. The smallest absolute Gasteiger partial charge is 0.258 e. The van der Waals surface area contributed by atoms with E-state index >= 15 is 0 Å². The molecule has 85 valence electrons. The van der Waals surface area contributed by atoms with Crippen LogP contribution in [0.5, 0.6) is 0 Å². The van der Waals surface area contributed by atoms with Crippen molar-refractivity contribution in [3.63, 3.8) is 0 Å². The van der Waals surface area contributed by atoms with Gasteiger partial charge in [-0.15, -0.1) is 0 Å². The monoisotopic (exact) mass is 265 g/mol. The molecule has 0 aliphatic carbocycles. The summed E-state index contributed by atoms with van der Waals surface area (Å²) in [5, 5.41) is 3.02. The zero-order valence-corrected chi connectivity index (χ0v) is 10.1. The van der Waals surface area contributed by atoms with Gasteiger partial charge in [0, 0.05) is 5.69 Å². The number of hydrogen-bond acceptors (Lipinski definition) is 2. The van der Waals surface area contributed by atoms with Crippen molar-refractivity contribution < 1.29 is 4.79 Å². The molecule has 1 aromatic carbocycles. The van der Waals surface area contributed by atoms with Crippen LogP contribution in [0, 0.1) is 6.07 Å². The topological polar surface area (TPSA) is 42.0 Å². The normalized spacial score (nSPS) is 10.0. The number of anilines is 1. The molecule has 17 heavy (non-hydrogen) atoms. The molecule has 2 aromatic rings. The highest BCUT2D eigenvalue weighted by molar-refractivity contribution is 6.35. The second-order valence-electron chi connectivity index (χ2n) is 3.22. The van der Waals surface area contributed by atoms with Crippen molar-refractivity contribution in [1.29, 1.82) is 0 Å². The van der Waals surface area contributed by atoms with E-state index < -0.39 is 0 Å². The van der Waals surface area contributed by atoms with E-state index in [4.69, 9.17) is 23.2 Å². The van der Waals surface area contributed by atoms with Crippen molar-refractivity contribution in [3.05, 3.63) is 58.3 Å². The Morgan fingerprint density at radius 1 is 1.18 bits per heavy atom. The molecular formula is C12H7Cl2N2O. The maximum atomic E-state index is 11.9. The largest absolute Gasteiger partial charge is 0.322 e. The van der Waals surface area contributed by atoms with Crippen LogP contribution in [-0.4, -0.2) is 10.9 Å². The fraction of sp³-hybridized carbons (Fsp3) is 0. The minimum Gasteiger partial charge on any atom is -0.322 e. The third kappa shape index (κ3) is 2.96. The van der Waals surface area contributed by atoms with Gasteiger partial charge in [-0.3, -0.25) is 4.79 Å². The molecule has 2 rings (SSSR count). The van der Waals surface area contributed by atoms with Crippen LogP contribution in [0.4, 0.5) is 5.69 Å². The van der Waals surface area contributed by atoms with Crippen LogP contribution in [-0.2, 0) is 0 Å². The van der Waals surface area contributed by atoms with Crippen LogP contribution in [0.3, 0.4) is 0 Å². The molecule has 1 heterocycles. The third-order valence-electron chi connectivity index (χ3n) is 2.04. The first kappa shape index (κ1) is 11.9. The molecule has 0 unspecified atom stereocenters. The predicted octanol–water partition coefficient (Wildman–Crippen LogP) is 3.44. The lowest BCUT2D eigenvalue weighted by atomic mass is 10.2. The van der Waals surface area contributed by atoms with E-state index in [0.29, 0.717) is 5.69 Å². The predicted molar refractivity (Wildman–Crippen MR) is 67.5 cm³/mol. The minimum atomic E-state index is -0.328. The summed E-state index contributed by atoms with van der Waals surface area (Å²) in [4.78, 5) is 15.7. The van der Waals surface area contributed by atoms with Crippen molar-refractivity contribution in [1.82, 2.24) is 4.98 Å². The molecule has 0 bridgehead atoms. The maximum Gasteiger partial charge on any atom is 0.258 e. The summed E-state index contributed by atoms with van der Waals surface area (Å²) >= 11 is 11.5. The number of carbonyl (C=O) groups excluding carboxylic acids is 1. The molecule has 0 aliphatic rings. The first-order chi connectivity index (χ1) is 8.16. The molecule has 5 heteroatoms. The Hall–Kier alpha value is -1.58. The Bertz CT molecular complexity index is 543. The summed E-state index contributed by atoms with van der Waals surface area (Å²) < 4.78 is 0. The number of nitrogens with one attached hydrogen (secondary N) is 1. The lowest BCUT2D eigenvalue weighted by molar-refractivity contribution is 0.102. The number of halogens is 2. The van der Waals surface area contributed by atoms with Crippen LogP contribution < -0.4 is 5.32 Å². The molecule has 0 aliphatic heterocycles. The highest BCUT2D eigenvalue weighted by Gasteiger charge is 2.11. The summed E-state index contributed by atoms with van der Waals surface area (Å²) in [6, 6.07) is 12.8. The van der Waals surface area contributed by atoms with E-state index in [2.05, 4.69) is 16.4 Å². The number of pyridine rings is 1. The van der Waals surface area contributed by atoms with Gasteiger partial charge in [0.15, 0.2) is 0 Å². The number of aromatic nitrogens is 1. The number of amides is 1. The van der Waals surface area contributed by atoms with Crippen molar-refractivity contribution in [2.45, 2.75) is 0 Å². The van der Waals surface area contributed by atoms with Crippen LogP contribution >= 0.6 is 23.2 Å². The molecule has 0 atom stereocenters. The summed E-state index contributed by atoms with van der Waals surface area (Å²) in [7, 11) is 0. The highest BCUT2D eigenvalue weighted by Crippen LogP contribution is 2.18.